The van der Waals surface area contributed by atoms with Crippen LogP contribution in [0.25, 0.3) is 0 Å². The molecule has 1 aromatic heterocycles. The third kappa shape index (κ3) is 2.56. The zero-order valence-electron chi connectivity index (χ0n) is 12.9. The van der Waals surface area contributed by atoms with Crippen molar-refractivity contribution >= 4 is 5.97 Å². The largest absolute Gasteiger partial charge is 0.428 e. The lowest BCUT2D eigenvalue weighted by atomic mass is 9.86. The van der Waals surface area contributed by atoms with Crippen LogP contribution in [0.4, 0.5) is 0 Å². The molecule has 0 unspecified atom stereocenters. The van der Waals surface area contributed by atoms with E-state index in [0.717, 1.165) is 5.56 Å². The smallest absolute Gasteiger partial charge is 0.343 e. The molecule has 4 heteroatoms. The number of esters is 1. The highest BCUT2D eigenvalue weighted by Crippen LogP contribution is 2.37. The Labute approximate surface area is 128 Å². The zero-order chi connectivity index (χ0) is 15.9. The van der Waals surface area contributed by atoms with E-state index in [4.69, 9.17) is 9.15 Å². The first-order chi connectivity index (χ1) is 10.5. The van der Waals surface area contributed by atoms with Crippen LogP contribution in [-0.4, -0.2) is 5.97 Å². The highest BCUT2D eigenvalue weighted by molar-refractivity contribution is 5.77. The van der Waals surface area contributed by atoms with Gasteiger partial charge in [-0.3, -0.25) is 4.79 Å². The van der Waals surface area contributed by atoms with E-state index in [1.54, 1.807) is 13.0 Å². The lowest BCUT2D eigenvalue weighted by molar-refractivity contribution is -0.135. The first kappa shape index (κ1) is 14.6. The van der Waals surface area contributed by atoms with Crippen LogP contribution in [-0.2, 0) is 4.79 Å². The summed E-state index contributed by atoms with van der Waals surface area (Å²) in [5, 5.41) is 0. The lowest BCUT2D eigenvalue weighted by Crippen LogP contribution is -2.26. The maximum absolute atomic E-state index is 12.2. The fourth-order valence-electron chi connectivity index (χ4n) is 2.82. The Bertz CT molecular complexity index is 769. The molecule has 2 heterocycles. The molecule has 3 rings (SSSR count). The summed E-state index contributed by atoms with van der Waals surface area (Å²) in [5.41, 5.74) is 2.15. The minimum Gasteiger partial charge on any atom is -0.428 e. The molecular weight excluding hydrogens is 280 g/mol. The van der Waals surface area contributed by atoms with Crippen LogP contribution in [0.1, 0.15) is 54.6 Å². The number of hydrogen-bond donors (Lipinski definition) is 0. The van der Waals surface area contributed by atoms with Crippen molar-refractivity contribution in [2.45, 2.75) is 39.0 Å². The van der Waals surface area contributed by atoms with Crippen LogP contribution in [0.3, 0.4) is 0 Å². The van der Waals surface area contributed by atoms with E-state index in [9.17, 15) is 9.59 Å². The maximum atomic E-state index is 12.2. The van der Waals surface area contributed by atoms with Gasteiger partial charge in [0.25, 0.3) is 0 Å². The quantitative estimate of drug-likeness (QED) is 0.796. The van der Waals surface area contributed by atoms with E-state index >= 15 is 0 Å². The van der Waals surface area contributed by atoms with E-state index in [1.807, 2.05) is 24.3 Å². The molecule has 4 nitrogen and oxygen atoms in total. The molecule has 1 aliphatic rings. The van der Waals surface area contributed by atoms with Crippen LogP contribution >= 0.6 is 0 Å². The average Bonchev–Trinajstić information content (AvgIpc) is 2.45. The third-order valence-corrected chi connectivity index (χ3v) is 4.02. The van der Waals surface area contributed by atoms with Gasteiger partial charge in [0.05, 0.1) is 12.0 Å². The van der Waals surface area contributed by atoms with E-state index in [0.29, 0.717) is 23.0 Å². The van der Waals surface area contributed by atoms with E-state index < -0.39 is 5.63 Å². The van der Waals surface area contributed by atoms with Crippen LogP contribution in [0.5, 0.6) is 5.75 Å². The Hall–Kier alpha value is -2.36. The summed E-state index contributed by atoms with van der Waals surface area (Å²) < 4.78 is 10.4. The number of aryl methyl sites for hydroxylation is 1. The predicted molar refractivity (Wildman–Crippen MR) is 82.3 cm³/mol. The van der Waals surface area contributed by atoms with Crippen LogP contribution in [0, 0.1) is 6.92 Å². The Morgan fingerprint density at radius 3 is 2.45 bits per heavy atom. The van der Waals surface area contributed by atoms with Gasteiger partial charge in [-0.25, -0.2) is 4.79 Å². The molecule has 114 valence electrons. The number of carbonyl (C=O) groups is 1. The molecular formula is C18H18O4. The Morgan fingerprint density at radius 1 is 1.14 bits per heavy atom. The first-order valence-corrected chi connectivity index (χ1v) is 7.41. The van der Waals surface area contributed by atoms with Crippen LogP contribution in [0.15, 0.2) is 39.5 Å². The molecule has 0 radical (unpaired) electrons. The van der Waals surface area contributed by atoms with Gasteiger partial charge in [0, 0.05) is 12.0 Å². The molecule has 0 spiro atoms. The van der Waals surface area contributed by atoms with Crippen molar-refractivity contribution in [1.82, 2.24) is 0 Å². The van der Waals surface area contributed by atoms with Gasteiger partial charge in [0.2, 0.25) is 0 Å². The first-order valence-electron chi connectivity index (χ1n) is 7.41. The van der Waals surface area contributed by atoms with Crippen LogP contribution in [0.2, 0.25) is 0 Å². The van der Waals surface area contributed by atoms with Crippen molar-refractivity contribution in [3.63, 3.8) is 0 Å². The minimum absolute atomic E-state index is 0.155. The molecule has 0 bridgehead atoms. The van der Waals surface area contributed by atoms with Gasteiger partial charge in [-0.05, 0) is 24.0 Å². The predicted octanol–water partition coefficient (Wildman–Crippen LogP) is 3.51. The van der Waals surface area contributed by atoms with Gasteiger partial charge in [-0.2, -0.15) is 0 Å². The summed E-state index contributed by atoms with van der Waals surface area (Å²) in [6.07, 6.45) is 0.155. The summed E-state index contributed by atoms with van der Waals surface area (Å²) >= 11 is 0. The SMILES string of the molecule is Cc1cc2c(c(=O)o1)[C@H](c1ccc(C(C)C)cc1)CC(=O)O2. The lowest BCUT2D eigenvalue weighted by Gasteiger charge is -2.23. The van der Waals surface area contributed by atoms with Gasteiger partial charge in [-0.1, -0.05) is 38.1 Å². The number of fused-ring (bicyclic) bond motifs is 1. The van der Waals surface area contributed by atoms with E-state index in [-0.39, 0.29) is 18.3 Å². The van der Waals surface area contributed by atoms with Gasteiger partial charge in [0.15, 0.2) is 0 Å². The number of rotatable bonds is 2. The second kappa shape index (κ2) is 5.44. The van der Waals surface area contributed by atoms with Crippen molar-refractivity contribution < 1.29 is 13.9 Å². The highest BCUT2D eigenvalue weighted by Gasteiger charge is 2.32. The highest BCUT2D eigenvalue weighted by atomic mass is 16.5. The van der Waals surface area contributed by atoms with Crippen molar-refractivity contribution in [3.05, 3.63) is 63.2 Å². The number of ether oxygens (including phenoxy) is 1. The molecule has 0 fully saturated rings. The van der Waals surface area contributed by atoms with Crippen molar-refractivity contribution in [1.29, 1.82) is 0 Å². The van der Waals surface area contributed by atoms with Gasteiger partial charge in [-0.15, -0.1) is 0 Å². The number of hydrogen-bond acceptors (Lipinski definition) is 4. The molecule has 0 aliphatic carbocycles. The molecule has 0 N–H and O–H groups in total. The third-order valence-electron chi connectivity index (χ3n) is 4.02. The van der Waals surface area contributed by atoms with Gasteiger partial charge in [0.1, 0.15) is 11.5 Å². The summed E-state index contributed by atoms with van der Waals surface area (Å²) in [7, 11) is 0. The summed E-state index contributed by atoms with van der Waals surface area (Å²) in [6, 6.07) is 9.62. The van der Waals surface area contributed by atoms with E-state index in [1.165, 1.54) is 5.56 Å². The summed E-state index contributed by atoms with van der Waals surface area (Å²) in [6.45, 7) is 5.91. The van der Waals surface area contributed by atoms with E-state index in [2.05, 4.69) is 13.8 Å². The Kier molecular flexibility index (Phi) is 3.61. The maximum Gasteiger partial charge on any atom is 0.343 e. The summed E-state index contributed by atoms with van der Waals surface area (Å²) in [5.74, 6) is 0.561. The topological polar surface area (TPSA) is 56.5 Å². The molecule has 0 amide bonds. The summed E-state index contributed by atoms with van der Waals surface area (Å²) in [4.78, 5) is 24.0. The molecule has 2 aromatic rings. The molecule has 1 atom stereocenters. The van der Waals surface area contributed by atoms with Crippen molar-refractivity contribution in [3.8, 4) is 5.75 Å². The monoisotopic (exact) mass is 298 g/mol. The normalized spacial score (nSPS) is 17.3. The van der Waals surface area contributed by atoms with Gasteiger partial charge >= 0.3 is 11.6 Å². The zero-order valence-corrected chi connectivity index (χ0v) is 12.9. The molecule has 22 heavy (non-hydrogen) atoms. The van der Waals surface area contributed by atoms with Crippen molar-refractivity contribution in [2.75, 3.05) is 0 Å². The molecule has 1 aromatic carbocycles. The Balaban J connectivity index is 2.09. The molecule has 1 aliphatic heterocycles. The average molecular weight is 298 g/mol. The van der Waals surface area contributed by atoms with Crippen molar-refractivity contribution in [2.24, 2.45) is 0 Å². The molecule has 0 saturated carbocycles. The van der Waals surface area contributed by atoms with Crippen LogP contribution < -0.4 is 10.4 Å². The van der Waals surface area contributed by atoms with Gasteiger partial charge < -0.3 is 9.15 Å². The Morgan fingerprint density at radius 2 is 1.82 bits per heavy atom. The number of carbonyl (C=O) groups excluding carboxylic acids is 1. The minimum atomic E-state index is -0.430. The number of benzene rings is 1. The standard InChI is InChI=1S/C18H18O4/c1-10(2)12-4-6-13(7-5-12)14-9-16(19)22-15-8-11(3)21-18(20)17(14)15/h4-8,10,14H,9H2,1-3H3/t14-/m0/s1. The second-order valence-electron chi connectivity index (χ2n) is 5.97. The second-order valence-corrected chi connectivity index (χ2v) is 5.97. The fraction of sp³-hybridized carbons (Fsp3) is 0.333. The fourth-order valence-corrected chi connectivity index (χ4v) is 2.82. The molecule has 0 saturated heterocycles.